The number of nitrogens with one attached hydrogen (secondary N) is 1. The average molecular weight is 238 g/mol. The minimum Gasteiger partial charge on any atom is -0.337 e. The van der Waals surface area contributed by atoms with Crippen molar-refractivity contribution in [2.45, 2.75) is 13.8 Å². The van der Waals surface area contributed by atoms with Crippen LogP contribution in [0.4, 0.5) is 0 Å². The van der Waals surface area contributed by atoms with Gasteiger partial charge in [0.05, 0.1) is 0 Å². The Hall–Kier alpha value is -1.69. The van der Waals surface area contributed by atoms with E-state index >= 15 is 0 Å². The Morgan fingerprint density at radius 3 is 2.76 bits per heavy atom. The van der Waals surface area contributed by atoms with Crippen LogP contribution in [0.1, 0.15) is 24.3 Å². The zero-order chi connectivity index (χ0) is 12.8. The molecule has 0 aliphatic heterocycles. The summed E-state index contributed by atoms with van der Waals surface area (Å²) >= 11 is 0. The second kappa shape index (κ2) is 6.15. The van der Waals surface area contributed by atoms with Crippen molar-refractivity contribution in [1.82, 2.24) is 15.1 Å². The Balaban J connectivity index is 2.78. The van der Waals surface area contributed by atoms with Crippen LogP contribution in [0.2, 0.25) is 0 Å². The second-order valence-electron chi connectivity index (χ2n) is 3.99. The van der Waals surface area contributed by atoms with E-state index in [1.54, 1.807) is 4.90 Å². The quantitative estimate of drug-likeness (QED) is 0.744. The summed E-state index contributed by atoms with van der Waals surface area (Å²) in [6, 6.07) is 2.72. The average Bonchev–Trinajstić information content (AvgIpc) is 2.35. The van der Waals surface area contributed by atoms with Crippen molar-refractivity contribution in [2.75, 3.05) is 19.6 Å². The molecule has 6 heteroatoms. The summed E-state index contributed by atoms with van der Waals surface area (Å²) in [6.45, 7) is 5.59. The normalized spacial score (nSPS) is 12.2. The number of hydrogen-bond acceptors (Lipinski definition) is 4. The largest absolute Gasteiger partial charge is 0.337 e. The molecule has 0 saturated heterocycles. The van der Waals surface area contributed by atoms with E-state index in [9.17, 15) is 9.59 Å². The number of carbonyl (C=O) groups excluding carboxylic acids is 1. The first-order chi connectivity index (χ1) is 8.08. The molecule has 1 amide bonds. The molecule has 1 rings (SSSR count). The number of hydrogen-bond donors (Lipinski definition) is 2. The molecule has 17 heavy (non-hydrogen) atoms. The molecule has 0 aromatic carbocycles. The lowest BCUT2D eigenvalue weighted by Gasteiger charge is -2.23. The van der Waals surface area contributed by atoms with Gasteiger partial charge in [0.1, 0.15) is 5.69 Å². The maximum Gasteiger partial charge on any atom is 0.274 e. The molecule has 0 spiro atoms. The molecule has 94 valence electrons. The smallest absolute Gasteiger partial charge is 0.274 e. The zero-order valence-corrected chi connectivity index (χ0v) is 10.1. The van der Waals surface area contributed by atoms with Crippen LogP contribution >= 0.6 is 0 Å². The molecule has 0 aliphatic rings. The Morgan fingerprint density at radius 1 is 1.59 bits per heavy atom. The number of aromatic amines is 1. The second-order valence-corrected chi connectivity index (χ2v) is 3.99. The monoisotopic (exact) mass is 238 g/mol. The van der Waals surface area contributed by atoms with Gasteiger partial charge in [-0.2, -0.15) is 5.10 Å². The molecule has 1 aromatic heterocycles. The fourth-order valence-corrected chi connectivity index (χ4v) is 1.43. The highest BCUT2D eigenvalue weighted by molar-refractivity contribution is 5.92. The summed E-state index contributed by atoms with van der Waals surface area (Å²) in [5.41, 5.74) is 5.46. The van der Waals surface area contributed by atoms with E-state index in [0.717, 1.165) is 0 Å². The molecule has 0 fully saturated rings. The SMILES string of the molecule is CCN(CC(C)CN)C(=O)c1ccc(=O)[nH]n1. The van der Waals surface area contributed by atoms with Crippen molar-refractivity contribution in [2.24, 2.45) is 11.7 Å². The summed E-state index contributed by atoms with van der Waals surface area (Å²) in [4.78, 5) is 24.6. The molecule has 1 aromatic rings. The molecular formula is C11H18N4O2. The third-order valence-electron chi connectivity index (χ3n) is 2.50. The highest BCUT2D eigenvalue weighted by atomic mass is 16.2. The lowest BCUT2D eigenvalue weighted by molar-refractivity contribution is 0.0736. The van der Waals surface area contributed by atoms with Gasteiger partial charge >= 0.3 is 0 Å². The van der Waals surface area contributed by atoms with Gasteiger partial charge in [-0.05, 0) is 25.5 Å². The maximum absolute atomic E-state index is 12.0. The van der Waals surface area contributed by atoms with Crippen LogP contribution < -0.4 is 11.3 Å². The molecular weight excluding hydrogens is 220 g/mol. The first kappa shape index (κ1) is 13.4. The van der Waals surface area contributed by atoms with Gasteiger partial charge in [-0.15, -0.1) is 0 Å². The molecule has 6 nitrogen and oxygen atoms in total. The number of H-pyrrole nitrogens is 1. The predicted molar refractivity (Wildman–Crippen MR) is 64.7 cm³/mol. The summed E-state index contributed by atoms with van der Waals surface area (Å²) in [5.74, 6) is 0.0470. The van der Waals surface area contributed by atoms with E-state index in [1.165, 1.54) is 12.1 Å². The highest BCUT2D eigenvalue weighted by Crippen LogP contribution is 2.03. The summed E-state index contributed by atoms with van der Waals surface area (Å²) in [6.07, 6.45) is 0. The van der Waals surface area contributed by atoms with Gasteiger partial charge in [-0.1, -0.05) is 6.92 Å². The first-order valence-electron chi connectivity index (χ1n) is 5.63. The van der Waals surface area contributed by atoms with E-state index in [2.05, 4.69) is 10.2 Å². The lowest BCUT2D eigenvalue weighted by Crippen LogP contribution is -2.37. The van der Waals surface area contributed by atoms with Crippen LogP contribution in [0.25, 0.3) is 0 Å². The standard InChI is InChI=1S/C11H18N4O2/c1-3-15(7-8(2)6-12)11(17)9-4-5-10(16)14-13-9/h4-5,8H,3,6-7,12H2,1-2H3,(H,14,16). The molecule has 1 heterocycles. The Morgan fingerprint density at radius 2 is 2.29 bits per heavy atom. The van der Waals surface area contributed by atoms with Crippen LogP contribution in [0.3, 0.4) is 0 Å². The number of nitrogens with two attached hydrogens (primary N) is 1. The van der Waals surface area contributed by atoms with E-state index in [-0.39, 0.29) is 23.1 Å². The highest BCUT2D eigenvalue weighted by Gasteiger charge is 2.17. The van der Waals surface area contributed by atoms with Crippen molar-refractivity contribution in [3.8, 4) is 0 Å². The van der Waals surface area contributed by atoms with E-state index in [4.69, 9.17) is 5.73 Å². The molecule has 0 bridgehead atoms. The van der Waals surface area contributed by atoms with Crippen LogP contribution in [0, 0.1) is 5.92 Å². The van der Waals surface area contributed by atoms with Gasteiger partial charge in [-0.25, -0.2) is 5.10 Å². The fourth-order valence-electron chi connectivity index (χ4n) is 1.43. The number of nitrogens with zero attached hydrogens (tertiary/aromatic N) is 2. The van der Waals surface area contributed by atoms with Gasteiger partial charge in [0, 0.05) is 19.2 Å². The van der Waals surface area contributed by atoms with E-state index in [0.29, 0.717) is 19.6 Å². The first-order valence-corrected chi connectivity index (χ1v) is 5.63. The molecule has 0 radical (unpaired) electrons. The summed E-state index contributed by atoms with van der Waals surface area (Å²) < 4.78 is 0. The minimum atomic E-state index is -0.320. The van der Waals surface area contributed by atoms with Gasteiger partial charge in [-0.3, -0.25) is 9.59 Å². The third kappa shape index (κ3) is 3.67. The molecule has 1 unspecified atom stereocenters. The van der Waals surface area contributed by atoms with Crippen LogP contribution in [-0.4, -0.2) is 40.6 Å². The molecule has 3 N–H and O–H groups in total. The Kier molecular flexibility index (Phi) is 4.84. The van der Waals surface area contributed by atoms with Gasteiger partial charge in [0.25, 0.3) is 11.5 Å². The van der Waals surface area contributed by atoms with E-state index in [1.807, 2.05) is 13.8 Å². The molecule has 0 saturated carbocycles. The fraction of sp³-hybridized carbons (Fsp3) is 0.545. The molecule has 1 atom stereocenters. The summed E-state index contributed by atoms with van der Waals surface area (Å²) in [5, 5.41) is 5.97. The number of rotatable bonds is 5. The van der Waals surface area contributed by atoms with Crippen molar-refractivity contribution in [3.63, 3.8) is 0 Å². The van der Waals surface area contributed by atoms with Gasteiger partial charge in [0.15, 0.2) is 0 Å². The number of amides is 1. The Labute approximate surface area is 99.8 Å². The maximum atomic E-state index is 12.0. The van der Waals surface area contributed by atoms with Gasteiger partial charge < -0.3 is 10.6 Å². The van der Waals surface area contributed by atoms with E-state index < -0.39 is 0 Å². The number of aromatic nitrogens is 2. The van der Waals surface area contributed by atoms with Crippen molar-refractivity contribution < 1.29 is 4.79 Å². The zero-order valence-electron chi connectivity index (χ0n) is 10.1. The minimum absolute atomic E-state index is 0.191. The summed E-state index contributed by atoms with van der Waals surface area (Å²) in [7, 11) is 0. The van der Waals surface area contributed by atoms with Crippen molar-refractivity contribution in [3.05, 3.63) is 28.2 Å². The van der Waals surface area contributed by atoms with Crippen LogP contribution in [0.15, 0.2) is 16.9 Å². The van der Waals surface area contributed by atoms with Gasteiger partial charge in [0.2, 0.25) is 0 Å². The predicted octanol–water partition coefficient (Wildman–Crippen LogP) is -0.173. The van der Waals surface area contributed by atoms with Crippen molar-refractivity contribution in [1.29, 1.82) is 0 Å². The third-order valence-corrected chi connectivity index (χ3v) is 2.50. The Bertz CT molecular complexity index is 409. The number of carbonyl (C=O) groups is 1. The van der Waals surface area contributed by atoms with Crippen LogP contribution in [-0.2, 0) is 0 Å². The topological polar surface area (TPSA) is 92.1 Å². The molecule has 0 aliphatic carbocycles. The lowest BCUT2D eigenvalue weighted by atomic mass is 10.1. The van der Waals surface area contributed by atoms with Crippen molar-refractivity contribution >= 4 is 5.91 Å². The van der Waals surface area contributed by atoms with Crippen LogP contribution in [0.5, 0.6) is 0 Å².